The van der Waals surface area contributed by atoms with E-state index in [1.54, 1.807) is 26.0 Å². The minimum atomic E-state index is -2.17. The summed E-state index contributed by atoms with van der Waals surface area (Å²) < 4.78 is 17.8. The van der Waals surface area contributed by atoms with Crippen molar-refractivity contribution in [3.05, 3.63) is 129 Å². The van der Waals surface area contributed by atoms with Crippen LogP contribution < -0.4 is 10.2 Å². The summed E-state index contributed by atoms with van der Waals surface area (Å²) in [5, 5.41) is 26.7. The van der Waals surface area contributed by atoms with Gasteiger partial charge in [0.2, 0.25) is 0 Å². The number of hydrogen-bond acceptors (Lipinski definition) is 9. The Bertz CT molecular complexity index is 1590. The minimum absolute atomic E-state index is 0.0719. The number of allylic oxidation sites excluding steroid dienone is 2. The third-order valence-electron chi connectivity index (χ3n) is 7.98. The molecule has 0 bridgehead atoms. The van der Waals surface area contributed by atoms with Crippen LogP contribution >= 0.6 is 0 Å². The van der Waals surface area contributed by atoms with Gasteiger partial charge < -0.3 is 29.5 Å². The van der Waals surface area contributed by atoms with E-state index in [4.69, 9.17) is 14.2 Å². The predicted molar refractivity (Wildman–Crippen MR) is 170 cm³/mol. The second-order valence-electron chi connectivity index (χ2n) is 12.2. The van der Waals surface area contributed by atoms with E-state index in [2.05, 4.69) is 10.2 Å². The molecular formula is C35H39N3O7. The van der Waals surface area contributed by atoms with E-state index in [1.807, 2.05) is 74.5 Å². The highest BCUT2D eigenvalue weighted by atomic mass is 16.8. The monoisotopic (exact) mass is 613 g/mol. The number of benzene rings is 3. The number of carbonyl (C=O) groups is 1. The van der Waals surface area contributed by atoms with Crippen LogP contribution in [0.2, 0.25) is 0 Å². The zero-order valence-corrected chi connectivity index (χ0v) is 26.0. The summed E-state index contributed by atoms with van der Waals surface area (Å²) in [6.45, 7) is 8.89. The number of esters is 1. The molecule has 2 N–H and O–H groups in total. The maximum absolute atomic E-state index is 14.0. The van der Waals surface area contributed by atoms with Crippen LogP contribution in [0.5, 0.6) is 0 Å². The molecule has 0 radical (unpaired) electrons. The second kappa shape index (κ2) is 13.2. The summed E-state index contributed by atoms with van der Waals surface area (Å²) in [7, 11) is 0. The van der Waals surface area contributed by atoms with Crippen LogP contribution in [-0.2, 0) is 25.5 Å². The average Bonchev–Trinajstić information content (AvgIpc) is 3.02. The Labute approximate surface area is 263 Å². The normalized spacial score (nSPS) is 19.1. The van der Waals surface area contributed by atoms with Gasteiger partial charge in [0.1, 0.15) is 6.61 Å². The van der Waals surface area contributed by atoms with Crippen LogP contribution in [0.25, 0.3) is 0 Å². The second-order valence-corrected chi connectivity index (χ2v) is 12.2. The van der Waals surface area contributed by atoms with Crippen LogP contribution in [0.3, 0.4) is 0 Å². The van der Waals surface area contributed by atoms with Crippen molar-refractivity contribution in [3.8, 4) is 0 Å². The van der Waals surface area contributed by atoms with Gasteiger partial charge in [-0.1, -0.05) is 74.5 Å². The molecule has 1 unspecified atom stereocenters. The summed E-state index contributed by atoms with van der Waals surface area (Å²) in [4.78, 5) is 27.3. The van der Waals surface area contributed by atoms with Gasteiger partial charge >= 0.3 is 11.9 Å². The Morgan fingerprint density at radius 1 is 1.00 bits per heavy atom. The van der Waals surface area contributed by atoms with Crippen molar-refractivity contribution in [2.24, 2.45) is 5.41 Å². The van der Waals surface area contributed by atoms with E-state index in [-0.39, 0.29) is 42.1 Å². The van der Waals surface area contributed by atoms with E-state index >= 15 is 0 Å². The van der Waals surface area contributed by atoms with Crippen LogP contribution in [0.15, 0.2) is 107 Å². The molecule has 236 valence electrons. The molecule has 1 fully saturated rings. The quantitative estimate of drug-likeness (QED) is 0.166. The third-order valence-corrected chi connectivity index (χ3v) is 7.98. The number of dihydropyridines is 1. The number of nitro groups is 1. The van der Waals surface area contributed by atoms with Crippen molar-refractivity contribution in [2.45, 2.75) is 46.1 Å². The highest BCUT2D eigenvalue weighted by molar-refractivity contribution is 5.93. The number of ether oxygens (including phenoxy) is 3. The zero-order chi connectivity index (χ0) is 32.2. The molecule has 3 aromatic carbocycles. The highest BCUT2D eigenvalue weighted by Crippen LogP contribution is 2.47. The minimum Gasteiger partial charge on any atom is -0.460 e. The van der Waals surface area contributed by atoms with Crippen molar-refractivity contribution < 1.29 is 29.0 Å². The Hall–Kier alpha value is -4.51. The van der Waals surface area contributed by atoms with Crippen LogP contribution in [0, 0.1) is 15.5 Å². The number of aliphatic hydroxyl groups is 1. The Balaban J connectivity index is 1.44. The summed E-state index contributed by atoms with van der Waals surface area (Å²) in [5.41, 5.74) is 3.49. The van der Waals surface area contributed by atoms with Gasteiger partial charge in [0.15, 0.2) is 0 Å². The van der Waals surface area contributed by atoms with Gasteiger partial charge in [-0.2, -0.15) is 0 Å². The van der Waals surface area contributed by atoms with Gasteiger partial charge in [0, 0.05) is 52.7 Å². The lowest BCUT2D eigenvalue weighted by atomic mass is 9.78. The van der Waals surface area contributed by atoms with Crippen molar-refractivity contribution in [3.63, 3.8) is 0 Å². The SMILES string of the molecule is CC1=C(C(=O)OCCN(Cc2ccccc2)c2ccccc2)C(c2cccc([N+](=O)[O-])c2)C(C2(O)OCC(C)(C)CO2)=C(C)N1. The molecule has 1 saturated heterocycles. The predicted octanol–water partition coefficient (Wildman–Crippen LogP) is 5.80. The molecule has 2 heterocycles. The van der Waals surface area contributed by atoms with Gasteiger partial charge in [0.25, 0.3) is 5.69 Å². The molecule has 0 saturated carbocycles. The fourth-order valence-corrected chi connectivity index (χ4v) is 5.73. The fraction of sp³-hybridized carbons (Fsp3) is 0.343. The van der Waals surface area contributed by atoms with E-state index in [0.717, 1.165) is 11.3 Å². The first-order chi connectivity index (χ1) is 21.5. The van der Waals surface area contributed by atoms with Crippen molar-refractivity contribution >= 4 is 17.3 Å². The first-order valence-corrected chi connectivity index (χ1v) is 14.9. The largest absolute Gasteiger partial charge is 0.460 e. The maximum atomic E-state index is 14.0. The zero-order valence-electron chi connectivity index (χ0n) is 26.0. The van der Waals surface area contributed by atoms with Gasteiger partial charge in [0.05, 0.1) is 30.3 Å². The first kappa shape index (κ1) is 31.9. The number of hydrogen-bond donors (Lipinski definition) is 2. The van der Waals surface area contributed by atoms with Gasteiger partial charge in [-0.05, 0) is 37.1 Å². The lowest BCUT2D eigenvalue weighted by molar-refractivity contribution is -0.385. The molecule has 2 aliphatic rings. The number of non-ortho nitro benzene ring substituents is 1. The number of para-hydroxylation sites is 1. The average molecular weight is 614 g/mol. The van der Waals surface area contributed by atoms with E-state index < -0.39 is 22.8 Å². The molecule has 0 spiro atoms. The summed E-state index contributed by atoms with van der Waals surface area (Å²) in [5.74, 6) is -3.73. The molecule has 0 amide bonds. The first-order valence-electron chi connectivity index (χ1n) is 14.9. The summed E-state index contributed by atoms with van der Waals surface area (Å²) >= 11 is 0. The standard InChI is InChI=1S/C35H39N3O7/c1-24-30(33(39)43-19-18-37(28-15-9-6-10-16-28)21-26-12-7-5-8-13-26)31(27-14-11-17-29(20-27)38(41)42)32(25(2)36-24)35(40)44-22-34(3,4)23-45-35/h5-17,20,31,36,40H,18-19,21-23H2,1-4H3. The fourth-order valence-electron chi connectivity index (χ4n) is 5.73. The molecule has 2 aliphatic heterocycles. The molecular weight excluding hydrogens is 574 g/mol. The molecule has 3 aromatic rings. The molecule has 1 atom stereocenters. The molecule has 10 heteroatoms. The number of rotatable bonds is 10. The van der Waals surface area contributed by atoms with E-state index in [1.165, 1.54) is 12.1 Å². The van der Waals surface area contributed by atoms with E-state index in [9.17, 15) is 20.0 Å². The molecule has 0 aliphatic carbocycles. The van der Waals surface area contributed by atoms with Crippen molar-refractivity contribution in [1.29, 1.82) is 0 Å². The number of nitro benzene ring substituents is 1. The smallest absolute Gasteiger partial charge is 0.336 e. The number of carbonyl (C=O) groups excluding carboxylic acids is 1. The van der Waals surface area contributed by atoms with Crippen molar-refractivity contribution in [1.82, 2.24) is 5.32 Å². The highest BCUT2D eigenvalue weighted by Gasteiger charge is 2.50. The molecule has 45 heavy (non-hydrogen) atoms. The lowest BCUT2D eigenvalue weighted by Crippen LogP contribution is -2.52. The number of nitrogens with zero attached hydrogens (tertiary/aromatic N) is 2. The van der Waals surface area contributed by atoms with Gasteiger partial charge in [-0.3, -0.25) is 10.1 Å². The maximum Gasteiger partial charge on any atom is 0.336 e. The van der Waals surface area contributed by atoms with Crippen LogP contribution in [0.4, 0.5) is 11.4 Å². The van der Waals surface area contributed by atoms with Crippen LogP contribution in [-0.4, -0.2) is 48.3 Å². The molecule has 0 aromatic heterocycles. The summed E-state index contributed by atoms with van der Waals surface area (Å²) in [6.07, 6.45) is 0. The van der Waals surface area contributed by atoms with Gasteiger partial charge in [-0.15, -0.1) is 0 Å². The lowest BCUT2D eigenvalue weighted by Gasteiger charge is -2.44. The number of anilines is 1. The number of nitrogens with one attached hydrogen (secondary N) is 1. The molecule has 5 rings (SSSR count). The van der Waals surface area contributed by atoms with Gasteiger partial charge in [-0.25, -0.2) is 4.79 Å². The Morgan fingerprint density at radius 3 is 2.29 bits per heavy atom. The summed E-state index contributed by atoms with van der Waals surface area (Å²) in [6, 6.07) is 25.9. The van der Waals surface area contributed by atoms with Crippen molar-refractivity contribution in [2.75, 3.05) is 31.3 Å². The topological polar surface area (TPSA) is 123 Å². The Morgan fingerprint density at radius 2 is 1.64 bits per heavy atom. The van der Waals surface area contributed by atoms with Crippen LogP contribution in [0.1, 0.15) is 44.7 Å². The Kier molecular flexibility index (Phi) is 9.38. The third kappa shape index (κ3) is 7.25. The molecule has 10 nitrogen and oxygen atoms in total. The van der Waals surface area contributed by atoms with E-state index in [0.29, 0.717) is 30.0 Å².